The van der Waals surface area contributed by atoms with Gasteiger partial charge in [-0.05, 0) is 50.6 Å². The summed E-state index contributed by atoms with van der Waals surface area (Å²) >= 11 is 0. The molecule has 1 heterocycles. The highest BCUT2D eigenvalue weighted by molar-refractivity contribution is 5.82. The maximum absolute atomic E-state index is 12.6. The molecule has 0 fully saturated rings. The molecule has 140 valence electrons. The third kappa shape index (κ3) is 4.08. The van der Waals surface area contributed by atoms with E-state index in [1.54, 1.807) is 31.2 Å². The van der Waals surface area contributed by atoms with E-state index < -0.39 is 6.10 Å². The van der Waals surface area contributed by atoms with E-state index in [1.807, 2.05) is 38.1 Å². The topological polar surface area (TPSA) is 85.2 Å². The second-order valence-electron chi connectivity index (χ2n) is 6.19. The fourth-order valence-corrected chi connectivity index (χ4v) is 2.72. The zero-order chi connectivity index (χ0) is 19.4. The zero-order valence-electron chi connectivity index (χ0n) is 15.5. The molecule has 0 aliphatic carbocycles. The Kier molecular flexibility index (Phi) is 5.40. The van der Waals surface area contributed by atoms with Gasteiger partial charge < -0.3 is 4.74 Å². The van der Waals surface area contributed by atoms with Crippen molar-refractivity contribution in [3.05, 3.63) is 64.4 Å². The molecule has 1 amide bonds. The minimum atomic E-state index is -0.721. The van der Waals surface area contributed by atoms with Crippen LogP contribution in [0.4, 0.5) is 5.95 Å². The van der Waals surface area contributed by atoms with E-state index in [1.165, 1.54) is 4.57 Å². The van der Waals surface area contributed by atoms with Crippen molar-refractivity contribution in [1.82, 2.24) is 15.0 Å². The Morgan fingerprint density at radius 1 is 1.22 bits per heavy atom. The maximum Gasteiger partial charge on any atom is 0.279 e. The van der Waals surface area contributed by atoms with Gasteiger partial charge in [-0.15, -0.1) is 0 Å². The summed E-state index contributed by atoms with van der Waals surface area (Å²) in [5, 5.41) is 0.535. The Morgan fingerprint density at radius 2 is 2.00 bits per heavy atom. The number of aryl methyl sites for hydroxylation is 1. The largest absolute Gasteiger partial charge is 0.481 e. The van der Waals surface area contributed by atoms with E-state index in [2.05, 4.69) is 15.8 Å². The number of hydrazine groups is 1. The predicted molar refractivity (Wildman–Crippen MR) is 105 cm³/mol. The van der Waals surface area contributed by atoms with Crippen LogP contribution in [0.25, 0.3) is 10.9 Å². The van der Waals surface area contributed by atoms with Gasteiger partial charge in [0.25, 0.3) is 11.5 Å². The van der Waals surface area contributed by atoms with Crippen molar-refractivity contribution in [2.75, 3.05) is 5.43 Å². The molecule has 2 aromatic carbocycles. The van der Waals surface area contributed by atoms with E-state index in [-0.39, 0.29) is 17.4 Å². The summed E-state index contributed by atoms with van der Waals surface area (Å²) in [5.41, 5.74) is 6.76. The molecule has 1 unspecified atom stereocenters. The van der Waals surface area contributed by atoms with Crippen LogP contribution in [0.3, 0.4) is 0 Å². The van der Waals surface area contributed by atoms with Crippen LogP contribution in [-0.4, -0.2) is 21.6 Å². The van der Waals surface area contributed by atoms with Gasteiger partial charge in [-0.25, -0.2) is 4.98 Å². The van der Waals surface area contributed by atoms with Crippen LogP contribution in [0, 0.1) is 6.92 Å². The lowest BCUT2D eigenvalue weighted by Crippen LogP contribution is -2.41. The second kappa shape index (κ2) is 7.90. The number of fused-ring (bicyclic) bond motifs is 1. The smallest absolute Gasteiger partial charge is 0.279 e. The van der Waals surface area contributed by atoms with Crippen LogP contribution in [-0.2, 0) is 11.3 Å². The fraction of sp³-hybridized carbons (Fsp3) is 0.250. The molecular formula is C20H22N4O3. The maximum atomic E-state index is 12.6. The van der Waals surface area contributed by atoms with Crippen molar-refractivity contribution in [3.63, 3.8) is 0 Å². The molecule has 1 aromatic heterocycles. The Bertz CT molecular complexity index is 1030. The van der Waals surface area contributed by atoms with Gasteiger partial charge in [0.2, 0.25) is 5.95 Å². The highest BCUT2D eigenvalue weighted by Gasteiger charge is 2.16. The summed E-state index contributed by atoms with van der Waals surface area (Å²) in [7, 11) is 0. The Balaban J connectivity index is 1.74. The summed E-state index contributed by atoms with van der Waals surface area (Å²) in [6.07, 6.45) is -0.721. The zero-order valence-corrected chi connectivity index (χ0v) is 15.5. The number of rotatable bonds is 6. The first-order valence-electron chi connectivity index (χ1n) is 8.78. The van der Waals surface area contributed by atoms with E-state index in [0.29, 0.717) is 23.2 Å². The molecule has 7 nitrogen and oxygen atoms in total. The summed E-state index contributed by atoms with van der Waals surface area (Å²) in [6.45, 7) is 5.87. The minimum Gasteiger partial charge on any atom is -0.481 e. The van der Waals surface area contributed by atoms with Crippen LogP contribution >= 0.6 is 0 Å². The molecule has 7 heteroatoms. The number of nitrogens with one attached hydrogen (secondary N) is 2. The predicted octanol–water partition coefficient (Wildman–Crippen LogP) is 2.64. The van der Waals surface area contributed by atoms with E-state index in [9.17, 15) is 9.59 Å². The number of hydrogen-bond acceptors (Lipinski definition) is 5. The van der Waals surface area contributed by atoms with Crippen molar-refractivity contribution in [3.8, 4) is 5.75 Å². The molecule has 2 N–H and O–H groups in total. The molecular weight excluding hydrogens is 344 g/mol. The Labute approximate surface area is 157 Å². The molecule has 0 aliphatic rings. The van der Waals surface area contributed by atoms with Crippen LogP contribution in [0.2, 0.25) is 0 Å². The normalized spacial score (nSPS) is 11.8. The second-order valence-corrected chi connectivity index (χ2v) is 6.19. The lowest BCUT2D eigenvalue weighted by molar-refractivity contribution is -0.126. The SMILES string of the molecule is CCn1c(NNC(=O)C(C)Oc2cccc(C)c2)nc2ccccc2c1=O. The van der Waals surface area contributed by atoms with Gasteiger partial charge in [0.05, 0.1) is 10.9 Å². The standard InChI is InChI=1S/C20H22N4O3/c1-4-24-19(26)16-10-5-6-11-17(16)21-20(24)23-22-18(25)14(3)27-15-9-7-8-13(2)12-15/h5-12,14H,4H2,1-3H3,(H,21,23)(H,22,25). The van der Waals surface area contributed by atoms with Crippen LogP contribution in [0.1, 0.15) is 19.4 Å². The number of benzene rings is 2. The summed E-state index contributed by atoms with van der Waals surface area (Å²) < 4.78 is 7.12. The van der Waals surface area contributed by atoms with Crippen molar-refractivity contribution in [2.24, 2.45) is 0 Å². The highest BCUT2D eigenvalue weighted by atomic mass is 16.5. The van der Waals surface area contributed by atoms with Gasteiger partial charge in [0, 0.05) is 6.54 Å². The first-order valence-corrected chi connectivity index (χ1v) is 8.78. The third-order valence-corrected chi connectivity index (χ3v) is 4.15. The number of amides is 1. The summed E-state index contributed by atoms with van der Waals surface area (Å²) in [6, 6.07) is 14.6. The van der Waals surface area contributed by atoms with Crippen molar-refractivity contribution in [2.45, 2.75) is 33.4 Å². The van der Waals surface area contributed by atoms with Gasteiger partial charge in [-0.2, -0.15) is 0 Å². The van der Waals surface area contributed by atoms with Gasteiger partial charge in [-0.1, -0.05) is 24.3 Å². The minimum absolute atomic E-state index is 0.163. The first-order chi connectivity index (χ1) is 13.0. The van der Waals surface area contributed by atoms with Crippen LogP contribution in [0.15, 0.2) is 53.3 Å². The summed E-state index contributed by atoms with van der Waals surface area (Å²) in [5.74, 6) is 0.519. The number of hydrogen-bond donors (Lipinski definition) is 2. The third-order valence-electron chi connectivity index (χ3n) is 4.15. The van der Waals surface area contributed by atoms with Gasteiger partial charge >= 0.3 is 0 Å². The molecule has 0 radical (unpaired) electrons. The Morgan fingerprint density at radius 3 is 2.74 bits per heavy atom. The molecule has 27 heavy (non-hydrogen) atoms. The van der Waals surface area contributed by atoms with Crippen LogP contribution in [0.5, 0.6) is 5.75 Å². The van der Waals surface area contributed by atoms with Crippen molar-refractivity contribution < 1.29 is 9.53 Å². The Hall–Kier alpha value is -3.35. The number of carbonyl (C=O) groups excluding carboxylic acids is 1. The number of carbonyl (C=O) groups is 1. The van der Waals surface area contributed by atoms with E-state index in [0.717, 1.165) is 5.56 Å². The molecule has 3 rings (SSSR count). The molecule has 0 saturated heterocycles. The average Bonchev–Trinajstić information content (AvgIpc) is 2.66. The van der Waals surface area contributed by atoms with Crippen molar-refractivity contribution >= 4 is 22.8 Å². The average molecular weight is 366 g/mol. The number of aromatic nitrogens is 2. The van der Waals surface area contributed by atoms with E-state index in [4.69, 9.17) is 4.74 Å². The number of ether oxygens (including phenoxy) is 1. The highest BCUT2D eigenvalue weighted by Crippen LogP contribution is 2.14. The molecule has 3 aromatic rings. The molecule has 0 spiro atoms. The van der Waals surface area contributed by atoms with Gasteiger partial charge in [0.15, 0.2) is 6.10 Å². The molecule has 0 saturated carbocycles. The lowest BCUT2D eigenvalue weighted by Gasteiger charge is -2.17. The van der Waals surface area contributed by atoms with E-state index >= 15 is 0 Å². The number of anilines is 1. The molecule has 0 aliphatic heterocycles. The van der Waals surface area contributed by atoms with Gasteiger partial charge in [0.1, 0.15) is 5.75 Å². The van der Waals surface area contributed by atoms with Crippen LogP contribution < -0.4 is 21.1 Å². The lowest BCUT2D eigenvalue weighted by atomic mass is 10.2. The van der Waals surface area contributed by atoms with Gasteiger partial charge in [-0.3, -0.25) is 25.0 Å². The first kappa shape index (κ1) is 18.4. The fourth-order valence-electron chi connectivity index (χ4n) is 2.72. The van der Waals surface area contributed by atoms with Crippen molar-refractivity contribution in [1.29, 1.82) is 0 Å². The molecule has 0 bridgehead atoms. The molecule has 1 atom stereocenters. The monoisotopic (exact) mass is 366 g/mol. The quantitative estimate of drug-likeness (QED) is 0.655. The summed E-state index contributed by atoms with van der Waals surface area (Å²) in [4.78, 5) is 29.3. The number of nitrogens with zero attached hydrogens (tertiary/aromatic N) is 2. The number of para-hydroxylation sites is 1.